The van der Waals surface area contributed by atoms with Gasteiger partial charge in [0, 0.05) is 15.8 Å². The van der Waals surface area contributed by atoms with Crippen molar-refractivity contribution in [3.8, 4) is 0 Å². The Hall–Kier alpha value is -1.55. The molecule has 2 nitrogen and oxygen atoms in total. The molecule has 0 saturated heterocycles. The summed E-state index contributed by atoms with van der Waals surface area (Å²) in [5.74, 6) is -0.267. The normalized spacial score (nSPS) is 10.3. The Bertz CT molecular complexity index is 506. The van der Waals surface area contributed by atoms with E-state index in [1.807, 2.05) is 25.1 Å². The van der Waals surface area contributed by atoms with Crippen molar-refractivity contribution >= 4 is 33.0 Å². The fraction of sp³-hybridized carbons (Fsp3) is 0.0769. The molecule has 0 aliphatic rings. The summed E-state index contributed by atoms with van der Waals surface area (Å²) in [5.41, 5.74) is 9.22. The van der Waals surface area contributed by atoms with Gasteiger partial charge in [-0.1, -0.05) is 0 Å². The van der Waals surface area contributed by atoms with E-state index in [2.05, 4.69) is 21.2 Å². The molecule has 0 aliphatic heterocycles. The number of hydrogen-bond donors (Lipinski definition) is 2. The van der Waals surface area contributed by atoms with Gasteiger partial charge in [0.25, 0.3) is 0 Å². The summed E-state index contributed by atoms with van der Waals surface area (Å²) in [5, 5.41) is 3.23. The van der Waals surface area contributed by atoms with Crippen LogP contribution < -0.4 is 11.1 Å². The number of rotatable bonds is 2. The van der Waals surface area contributed by atoms with Crippen molar-refractivity contribution in [2.75, 3.05) is 11.1 Å². The van der Waals surface area contributed by atoms with Gasteiger partial charge in [-0.05, 0) is 64.8 Å². The van der Waals surface area contributed by atoms with Gasteiger partial charge in [0.2, 0.25) is 0 Å². The Morgan fingerprint density at radius 1 is 1.12 bits per heavy atom. The maximum atomic E-state index is 12.9. The zero-order valence-corrected chi connectivity index (χ0v) is 10.9. The van der Waals surface area contributed by atoms with E-state index in [1.165, 1.54) is 12.1 Å². The minimum atomic E-state index is -0.267. The Balaban J connectivity index is 2.31. The SMILES string of the molecule is Cc1cc(N)ccc1Nc1ccc(F)cc1Br. The molecular formula is C13H12BrFN2. The first-order valence-corrected chi connectivity index (χ1v) is 5.94. The molecule has 2 aromatic rings. The zero-order valence-electron chi connectivity index (χ0n) is 9.30. The van der Waals surface area contributed by atoms with Gasteiger partial charge in [0.1, 0.15) is 5.82 Å². The molecule has 0 amide bonds. The van der Waals surface area contributed by atoms with Crippen LogP contribution in [-0.2, 0) is 0 Å². The van der Waals surface area contributed by atoms with Gasteiger partial charge in [-0.3, -0.25) is 0 Å². The molecule has 0 atom stereocenters. The smallest absolute Gasteiger partial charge is 0.124 e. The molecule has 0 radical (unpaired) electrons. The van der Waals surface area contributed by atoms with Crippen LogP contribution in [0.15, 0.2) is 40.9 Å². The Kier molecular flexibility index (Phi) is 3.33. The lowest BCUT2D eigenvalue weighted by Gasteiger charge is -2.11. The molecule has 0 unspecified atom stereocenters. The lowest BCUT2D eigenvalue weighted by Crippen LogP contribution is -1.95. The number of aryl methyl sites for hydroxylation is 1. The van der Waals surface area contributed by atoms with Crippen LogP contribution in [0.25, 0.3) is 0 Å². The predicted molar refractivity (Wildman–Crippen MR) is 73.0 cm³/mol. The van der Waals surface area contributed by atoms with Crippen LogP contribution in [0.4, 0.5) is 21.5 Å². The Labute approximate surface area is 108 Å². The van der Waals surface area contributed by atoms with Crippen LogP contribution in [0.3, 0.4) is 0 Å². The van der Waals surface area contributed by atoms with Crippen LogP contribution in [0.1, 0.15) is 5.56 Å². The van der Waals surface area contributed by atoms with Crippen LogP contribution in [-0.4, -0.2) is 0 Å². The molecule has 0 aromatic heterocycles. The van der Waals surface area contributed by atoms with Gasteiger partial charge in [-0.25, -0.2) is 4.39 Å². The number of anilines is 3. The molecule has 0 spiro atoms. The van der Waals surface area contributed by atoms with Crippen LogP contribution >= 0.6 is 15.9 Å². The molecule has 0 aliphatic carbocycles. The average Bonchev–Trinajstić information content (AvgIpc) is 2.25. The first-order valence-electron chi connectivity index (χ1n) is 5.14. The second kappa shape index (κ2) is 4.75. The third-order valence-corrected chi connectivity index (χ3v) is 3.11. The standard InChI is InChI=1S/C13H12BrFN2/c1-8-6-10(16)3-5-12(8)17-13-4-2-9(15)7-11(13)14/h2-7,17H,16H2,1H3. The summed E-state index contributed by atoms with van der Waals surface area (Å²) in [6.45, 7) is 1.97. The van der Waals surface area contributed by atoms with Crippen molar-refractivity contribution < 1.29 is 4.39 Å². The molecule has 0 heterocycles. The van der Waals surface area contributed by atoms with Crippen molar-refractivity contribution in [2.24, 2.45) is 0 Å². The van der Waals surface area contributed by atoms with Gasteiger partial charge >= 0.3 is 0 Å². The van der Waals surface area contributed by atoms with Gasteiger partial charge in [-0.2, -0.15) is 0 Å². The third kappa shape index (κ3) is 2.77. The highest BCUT2D eigenvalue weighted by Gasteiger charge is 2.04. The van der Waals surface area contributed by atoms with E-state index in [4.69, 9.17) is 5.73 Å². The highest BCUT2D eigenvalue weighted by Crippen LogP contribution is 2.28. The molecule has 4 heteroatoms. The fourth-order valence-corrected chi connectivity index (χ4v) is 2.01. The van der Waals surface area contributed by atoms with Crippen molar-refractivity contribution in [1.29, 1.82) is 0 Å². The summed E-state index contributed by atoms with van der Waals surface area (Å²) < 4.78 is 13.6. The highest BCUT2D eigenvalue weighted by atomic mass is 79.9. The second-order valence-electron chi connectivity index (χ2n) is 3.82. The van der Waals surface area contributed by atoms with E-state index in [1.54, 1.807) is 6.07 Å². The van der Waals surface area contributed by atoms with Crippen LogP contribution in [0, 0.1) is 12.7 Å². The Morgan fingerprint density at radius 3 is 2.47 bits per heavy atom. The second-order valence-corrected chi connectivity index (χ2v) is 4.68. The summed E-state index contributed by atoms with van der Waals surface area (Å²) in [6.07, 6.45) is 0. The molecule has 0 bridgehead atoms. The first kappa shape index (κ1) is 11.9. The van der Waals surface area contributed by atoms with Crippen molar-refractivity contribution in [3.05, 3.63) is 52.3 Å². The van der Waals surface area contributed by atoms with Gasteiger partial charge in [0.15, 0.2) is 0 Å². The molecule has 88 valence electrons. The molecule has 0 fully saturated rings. The van der Waals surface area contributed by atoms with Crippen LogP contribution in [0.5, 0.6) is 0 Å². The number of nitrogen functional groups attached to an aromatic ring is 1. The summed E-state index contributed by atoms with van der Waals surface area (Å²) in [6, 6.07) is 10.1. The summed E-state index contributed by atoms with van der Waals surface area (Å²) in [4.78, 5) is 0. The van der Waals surface area contributed by atoms with Crippen molar-refractivity contribution in [1.82, 2.24) is 0 Å². The lowest BCUT2D eigenvalue weighted by molar-refractivity contribution is 0.627. The van der Waals surface area contributed by atoms with Crippen molar-refractivity contribution in [2.45, 2.75) is 6.92 Å². The number of hydrogen-bond acceptors (Lipinski definition) is 2. The van der Waals surface area contributed by atoms with E-state index in [0.717, 1.165) is 22.6 Å². The van der Waals surface area contributed by atoms with E-state index >= 15 is 0 Å². The largest absolute Gasteiger partial charge is 0.399 e. The molecule has 0 saturated carbocycles. The summed E-state index contributed by atoms with van der Waals surface area (Å²) in [7, 11) is 0. The van der Waals surface area contributed by atoms with E-state index in [9.17, 15) is 4.39 Å². The third-order valence-electron chi connectivity index (χ3n) is 2.45. The van der Waals surface area contributed by atoms with E-state index in [0.29, 0.717) is 4.47 Å². The number of nitrogens with two attached hydrogens (primary N) is 1. The van der Waals surface area contributed by atoms with Gasteiger partial charge < -0.3 is 11.1 Å². The van der Waals surface area contributed by atoms with Crippen molar-refractivity contribution in [3.63, 3.8) is 0 Å². The molecule has 17 heavy (non-hydrogen) atoms. The predicted octanol–water partition coefficient (Wildman–Crippen LogP) is 4.22. The van der Waals surface area contributed by atoms with Crippen LogP contribution in [0.2, 0.25) is 0 Å². The molecule has 2 aromatic carbocycles. The Morgan fingerprint density at radius 2 is 1.82 bits per heavy atom. The highest BCUT2D eigenvalue weighted by molar-refractivity contribution is 9.10. The maximum Gasteiger partial charge on any atom is 0.124 e. The van der Waals surface area contributed by atoms with Gasteiger partial charge in [0.05, 0.1) is 5.69 Å². The molecule has 3 N–H and O–H groups in total. The monoisotopic (exact) mass is 294 g/mol. The minimum absolute atomic E-state index is 0.267. The minimum Gasteiger partial charge on any atom is -0.399 e. The lowest BCUT2D eigenvalue weighted by atomic mass is 10.1. The average molecular weight is 295 g/mol. The molecule has 2 rings (SSSR count). The number of nitrogens with one attached hydrogen (secondary N) is 1. The van der Waals surface area contributed by atoms with Gasteiger partial charge in [-0.15, -0.1) is 0 Å². The summed E-state index contributed by atoms with van der Waals surface area (Å²) >= 11 is 3.32. The topological polar surface area (TPSA) is 38.0 Å². The van der Waals surface area contributed by atoms with E-state index < -0.39 is 0 Å². The first-order chi connectivity index (χ1) is 8.06. The quantitative estimate of drug-likeness (QED) is 0.814. The maximum absolute atomic E-state index is 12.9. The molecular weight excluding hydrogens is 283 g/mol. The zero-order chi connectivity index (χ0) is 12.4. The fourth-order valence-electron chi connectivity index (χ4n) is 1.56. The number of halogens is 2. The van der Waals surface area contributed by atoms with E-state index in [-0.39, 0.29) is 5.82 Å². The number of benzene rings is 2.